The molecule has 31 heavy (non-hydrogen) atoms. The van der Waals surface area contributed by atoms with Crippen molar-refractivity contribution in [2.24, 2.45) is 0 Å². The normalized spacial score (nSPS) is 15.1. The summed E-state index contributed by atoms with van der Waals surface area (Å²) in [5, 5.41) is 10.8. The Hall–Kier alpha value is -4.21. The second kappa shape index (κ2) is 9.08. The van der Waals surface area contributed by atoms with Crippen LogP contribution >= 0.6 is 0 Å². The van der Waals surface area contributed by atoms with Crippen LogP contribution in [-0.4, -0.2) is 42.1 Å². The maximum absolute atomic E-state index is 13.6. The van der Waals surface area contributed by atoms with Gasteiger partial charge in [-0.1, -0.05) is 12.1 Å². The van der Waals surface area contributed by atoms with Crippen molar-refractivity contribution in [3.8, 4) is 11.5 Å². The number of benzene rings is 2. The van der Waals surface area contributed by atoms with Crippen molar-refractivity contribution in [1.29, 1.82) is 0 Å². The molecule has 1 saturated heterocycles. The van der Waals surface area contributed by atoms with Crippen molar-refractivity contribution >= 4 is 35.6 Å². The Labute approximate surface area is 175 Å². The Balaban J connectivity index is 1.96. The number of halogens is 1. The molecule has 1 heterocycles. The van der Waals surface area contributed by atoms with Gasteiger partial charge in [0.15, 0.2) is 18.1 Å². The number of carbonyl (C=O) groups is 4. The van der Waals surface area contributed by atoms with Crippen LogP contribution in [0.1, 0.15) is 12.5 Å². The Bertz CT molecular complexity index is 1100. The fraction of sp³-hybridized carbons (Fsp3) is 0.143. The van der Waals surface area contributed by atoms with Crippen LogP contribution in [0, 0.1) is 5.82 Å². The maximum Gasteiger partial charge on any atom is 0.341 e. The number of hydrogen-bond acceptors (Lipinski definition) is 6. The zero-order valence-electron chi connectivity index (χ0n) is 16.3. The molecule has 3 rings (SSSR count). The number of anilines is 1. The summed E-state index contributed by atoms with van der Waals surface area (Å²) in [4.78, 5) is 48.7. The van der Waals surface area contributed by atoms with Gasteiger partial charge in [-0.25, -0.2) is 18.9 Å². The van der Waals surface area contributed by atoms with Crippen molar-refractivity contribution < 1.29 is 38.1 Å². The molecule has 2 aromatic rings. The summed E-state index contributed by atoms with van der Waals surface area (Å²) < 4.78 is 24.1. The van der Waals surface area contributed by atoms with E-state index in [0.29, 0.717) is 10.5 Å². The number of ether oxygens (including phenoxy) is 2. The Morgan fingerprint density at radius 2 is 1.90 bits per heavy atom. The molecule has 0 saturated carbocycles. The minimum atomic E-state index is -1.17. The van der Waals surface area contributed by atoms with E-state index in [-0.39, 0.29) is 29.4 Å². The smallest absolute Gasteiger partial charge is 0.341 e. The van der Waals surface area contributed by atoms with Crippen LogP contribution in [0.5, 0.6) is 11.5 Å². The van der Waals surface area contributed by atoms with Gasteiger partial charge >= 0.3 is 12.0 Å². The number of aliphatic carboxylic acids is 1. The third kappa shape index (κ3) is 4.86. The summed E-state index contributed by atoms with van der Waals surface area (Å²) in [6, 6.07) is 8.21. The highest BCUT2D eigenvalue weighted by atomic mass is 19.1. The molecule has 0 atom stereocenters. The van der Waals surface area contributed by atoms with E-state index in [1.807, 2.05) is 5.32 Å². The minimum Gasteiger partial charge on any atom is -0.490 e. The largest absolute Gasteiger partial charge is 0.490 e. The summed E-state index contributed by atoms with van der Waals surface area (Å²) in [6.07, 6.45) is 1.24. The molecular formula is C21H17FN2O7. The third-order valence-electron chi connectivity index (χ3n) is 4.10. The molecule has 1 aliphatic rings. The highest BCUT2D eigenvalue weighted by molar-refractivity contribution is 6.39. The number of imide groups is 2. The number of nitrogens with zero attached hydrogens (tertiary/aromatic N) is 1. The molecule has 1 aliphatic heterocycles. The second-order valence-corrected chi connectivity index (χ2v) is 6.26. The van der Waals surface area contributed by atoms with Gasteiger partial charge in [0.2, 0.25) is 0 Å². The number of nitrogens with one attached hydrogen (secondary N) is 1. The van der Waals surface area contributed by atoms with Crippen molar-refractivity contribution in [2.45, 2.75) is 6.92 Å². The van der Waals surface area contributed by atoms with E-state index in [1.54, 1.807) is 6.92 Å². The molecule has 160 valence electrons. The molecule has 4 amide bonds. The SMILES string of the molecule is CCOc1cc(/C=C2\C(=O)NC(=O)N(c3cccc(F)c3)C2=O)ccc1OCC(=O)O. The lowest BCUT2D eigenvalue weighted by Crippen LogP contribution is -2.54. The van der Waals surface area contributed by atoms with Crippen molar-refractivity contribution in [2.75, 3.05) is 18.1 Å². The molecule has 0 bridgehead atoms. The number of rotatable bonds is 7. The van der Waals surface area contributed by atoms with E-state index in [4.69, 9.17) is 14.6 Å². The zero-order chi connectivity index (χ0) is 22.5. The summed E-state index contributed by atoms with van der Waals surface area (Å²) in [5.41, 5.74) is -0.0306. The van der Waals surface area contributed by atoms with Crippen LogP contribution < -0.4 is 19.7 Å². The molecule has 1 fully saturated rings. The number of urea groups is 1. The number of carboxylic acids is 1. The number of barbiturate groups is 1. The van der Waals surface area contributed by atoms with Gasteiger partial charge in [0.1, 0.15) is 11.4 Å². The van der Waals surface area contributed by atoms with E-state index in [9.17, 15) is 23.6 Å². The molecule has 0 spiro atoms. The van der Waals surface area contributed by atoms with E-state index < -0.39 is 36.2 Å². The number of amides is 4. The Kier molecular flexibility index (Phi) is 6.29. The van der Waals surface area contributed by atoms with Gasteiger partial charge in [0.05, 0.1) is 12.3 Å². The topological polar surface area (TPSA) is 122 Å². The first kappa shape index (κ1) is 21.5. The monoisotopic (exact) mass is 428 g/mol. The third-order valence-corrected chi connectivity index (χ3v) is 4.10. The molecule has 0 unspecified atom stereocenters. The molecule has 0 aliphatic carbocycles. The first-order valence-corrected chi connectivity index (χ1v) is 9.08. The van der Waals surface area contributed by atoms with Crippen molar-refractivity contribution in [3.05, 3.63) is 59.4 Å². The van der Waals surface area contributed by atoms with Gasteiger partial charge in [-0.15, -0.1) is 0 Å². The van der Waals surface area contributed by atoms with Gasteiger partial charge in [0, 0.05) is 0 Å². The average Bonchev–Trinajstić information content (AvgIpc) is 2.70. The van der Waals surface area contributed by atoms with Crippen LogP contribution in [0.4, 0.5) is 14.9 Å². The number of hydrogen-bond donors (Lipinski definition) is 2. The average molecular weight is 428 g/mol. The number of carboxylic acid groups (broad SMARTS) is 1. The van der Waals surface area contributed by atoms with Gasteiger partial charge < -0.3 is 14.6 Å². The van der Waals surface area contributed by atoms with E-state index >= 15 is 0 Å². The summed E-state index contributed by atoms with van der Waals surface area (Å²) >= 11 is 0. The first-order valence-electron chi connectivity index (χ1n) is 9.08. The molecule has 0 aromatic heterocycles. The molecular weight excluding hydrogens is 411 g/mol. The van der Waals surface area contributed by atoms with E-state index in [1.165, 1.54) is 36.4 Å². The summed E-state index contributed by atoms with van der Waals surface area (Å²) in [6.45, 7) is 1.39. The van der Waals surface area contributed by atoms with Crippen LogP contribution in [0.2, 0.25) is 0 Å². The fourth-order valence-electron chi connectivity index (χ4n) is 2.82. The summed E-state index contributed by atoms with van der Waals surface area (Å²) in [5.74, 6) is -3.28. The first-order chi connectivity index (χ1) is 14.8. The summed E-state index contributed by atoms with van der Waals surface area (Å²) in [7, 11) is 0. The quantitative estimate of drug-likeness (QED) is 0.513. The fourth-order valence-corrected chi connectivity index (χ4v) is 2.82. The van der Waals surface area contributed by atoms with Gasteiger partial charge in [-0.3, -0.25) is 14.9 Å². The predicted molar refractivity (Wildman–Crippen MR) is 106 cm³/mol. The van der Waals surface area contributed by atoms with Crippen LogP contribution in [-0.2, 0) is 14.4 Å². The Morgan fingerprint density at radius 1 is 1.13 bits per heavy atom. The van der Waals surface area contributed by atoms with Gasteiger partial charge in [-0.05, 0) is 48.9 Å². The van der Waals surface area contributed by atoms with E-state index in [2.05, 4.69) is 0 Å². The molecule has 0 radical (unpaired) electrons. The highest BCUT2D eigenvalue weighted by Gasteiger charge is 2.37. The lowest BCUT2D eigenvalue weighted by Gasteiger charge is -2.26. The predicted octanol–water partition coefficient (Wildman–Crippen LogP) is 2.35. The molecule has 2 aromatic carbocycles. The van der Waals surface area contributed by atoms with Crippen molar-refractivity contribution in [1.82, 2.24) is 5.32 Å². The molecule has 2 N–H and O–H groups in total. The zero-order valence-corrected chi connectivity index (χ0v) is 16.3. The highest BCUT2D eigenvalue weighted by Crippen LogP contribution is 2.30. The number of carbonyl (C=O) groups excluding carboxylic acids is 3. The minimum absolute atomic E-state index is 0.0340. The van der Waals surface area contributed by atoms with Gasteiger partial charge in [0.25, 0.3) is 11.8 Å². The van der Waals surface area contributed by atoms with Crippen molar-refractivity contribution in [3.63, 3.8) is 0 Å². The molecule has 9 nitrogen and oxygen atoms in total. The van der Waals surface area contributed by atoms with Crippen LogP contribution in [0.15, 0.2) is 48.0 Å². The van der Waals surface area contributed by atoms with Crippen LogP contribution in [0.25, 0.3) is 6.08 Å². The molecule has 10 heteroatoms. The lowest BCUT2D eigenvalue weighted by atomic mass is 10.1. The van der Waals surface area contributed by atoms with Crippen LogP contribution in [0.3, 0.4) is 0 Å². The standard InChI is InChI=1S/C21H17FN2O7/c1-2-30-17-9-12(6-7-16(17)31-11-18(25)26)8-15-19(27)23-21(29)24(20(15)28)14-5-3-4-13(22)10-14/h3-10H,2,11H2,1H3,(H,25,26)(H,23,27,29)/b15-8+. The lowest BCUT2D eigenvalue weighted by molar-refractivity contribution is -0.139. The van der Waals surface area contributed by atoms with E-state index in [0.717, 1.165) is 12.1 Å². The second-order valence-electron chi connectivity index (χ2n) is 6.26. The maximum atomic E-state index is 13.6. The van der Waals surface area contributed by atoms with Gasteiger partial charge in [-0.2, -0.15) is 0 Å². The Morgan fingerprint density at radius 3 is 2.58 bits per heavy atom.